The summed E-state index contributed by atoms with van der Waals surface area (Å²) in [5.74, 6) is 2.58. The summed E-state index contributed by atoms with van der Waals surface area (Å²) in [6.45, 7) is 0. The quantitative estimate of drug-likeness (QED) is 0.840. The predicted molar refractivity (Wildman–Crippen MR) is 86.4 cm³/mol. The van der Waals surface area contributed by atoms with Crippen molar-refractivity contribution in [3.05, 3.63) is 34.1 Å². The van der Waals surface area contributed by atoms with Crippen LogP contribution >= 0.6 is 15.9 Å². The molecule has 0 amide bonds. The Morgan fingerprint density at radius 3 is 2.29 bits per heavy atom. The molecular weight excluding hydrogens is 329 g/mol. The first kappa shape index (κ1) is 14.2. The molecule has 1 nitrogen and oxygen atoms in total. The lowest BCUT2D eigenvalue weighted by Gasteiger charge is -2.59. The normalized spacial score (nSPS) is 38.7. The second-order valence-electron chi connectivity index (χ2n) is 7.83. The van der Waals surface area contributed by atoms with Crippen LogP contribution in [0.5, 0.6) is 0 Å². The van der Waals surface area contributed by atoms with E-state index >= 15 is 0 Å². The molecule has 0 radical (unpaired) electrons. The Labute approximate surface area is 134 Å². The summed E-state index contributed by atoms with van der Waals surface area (Å²) in [6.07, 6.45) is 9.05. The molecule has 1 aromatic rings. The van der Waals surface area contributed by atoms with Crippen LogP contribution in [0.15, 0.2) is 22.7 Å². The zero-order valence-electron chi connectivity index (χ0n) is 12.3. The van der Waals surface area contributed by atoms with E-state index in [0.29, 0.717) is 5.41 Å². The zero-order valence-corrected chi connectivity index (χ0v) is 13.9. The van der Waals surface area contributed by atoms with E-state index < -0.39 is 0 Å². The van der Waals surface area contributed by atoms with Crippen LogP contribution in [0.1, 0.15) is 44.1 Å². The zero-order chi connectivity index (χ0) is 14.6. The van der Waals surface area contributed by atoms with Gasteiger partial charge in [-0.25, -0.2) is 4.39 Å². The van der Waals surface area contributed by atoms with Crippen LogP contribution in [0.3, 0.4) is 0 Å². The molecule has 0 saturated heterocycles. The maximum absolute atomic E-state index is 13.5. The molecule has 4 aliphatic rings. The first-order chi connectivity index (χ1) is 10.0. The molecule has 0 heterocycles. The molecule has 4 aliphatic carbocycles. The van der Waals surface area contributed by atoms with Gasteiger partial charge in [0.05, 0.1) is 0 Å². The fourth-order valence-electron chi connectivity index (χ4n) is 5.78. The molecule has 1 aromatic carbocycles. The minimum absolute atomic E-state index is 0.161. The number of benzene rings is 1. The van der Waals surface area contributed by atoms with Gasteiger partial charge in [-0.3, -0.25) is 0 Å². The molecular formula is C18H23BrFN. The van der Waals surface area contributed by atoms with Crippen molar-refractivity contribution in [2.45, 2.75) is 51.0 Å². The van der Waals surface area contributed by atoms with Gasteiger partial charge < -0.3 is 5.73 Å². The molecule has 4 saturated carbocycles. The van der Waals surface area contributed by atoms with Crippen LogP contribution in [-0.2, 0) is 6.42 Å². The van der Waals surface area contributed by atoms with Gasteiger partial charge in [0.2, 0.25) is 0 Å². The van der Waals surface area contributed by atoms with E-state index in [9.17, 15) is 4.39 Å². The Hall–Kier alpha value is -0.410. The molecule has 0 aromatic heterocycles. The third kappa shape index (κ3) is 2.46. The van der Waals surface area contributed by atoms with E-state index in [0.717, 1.165) is 34.2 Å². The summed E-state index contributed by atoms with van der Waals surface area (Å²) in [6, 6.07) is 5.12. The van der Waals surface area contributed by atoms with Crippen molar-refractivity contribution < 1.29 is 4.39 Å². The van der Waals surface area contributed by atoms with Crippen LogP contribution in [0.25, 0.3) is 0 Å². The number of rotatable bonds is 3. The van der Waals surface area contributed by atoms with E-state index in [-0.39, 0.29) is 11.9 Å². The highest BCUT2D eigenvalue weighted by Gasteiger charge is 2.53. The molecule has 3 heteroatoms. The molecule has 2 N–H and O–H groups in total. The van der Waals surface area contributed by atoms with Crippen LogP contribution in [0.2, 0.25) is 0 Å². The van der Waals surface area contributed by atoms with E-state index in [4.69, 9.17) is 5.73 Å². The first-order valence-electron chi connectivity index (χ1n) is 8.23. The molecule has 5 rings (SSSR count). The largest absolute Gasteiger partial charge is 0.327 e. The Kier molecular flexibility index (Phi) is 3.42. The number of halogens is 2. The van der Waals surface area contributed by atoms with Gasteiger partial charge in [-0.2, -0.15) is 0 Å². The highest BCUT2D eigenvalue weighted by Crippen LogP contribution is 2.61. The molecule has 21 heavy (non-hydrogen) atoms. The Morgan fingerprint density at radius 2 is 1.71 bits per heavy atom. The SMILES string of the molecule is NC(Cc1cc(F)ccc1Br)C12CC3CC(CC(C3)C1)C2. The van der Waals surface area contributed by atoms with Crippen LogP contribution in [0, 0.1) is 29.0 Å². The van der Waals surface area contributed by atoms with E-state index in [1.54, 1.807) is 12.1 Å². The van der Waals surface area contributed by atoms with Crippen molar-refractivity contribution in [3.63, 3.8) is 0 Å². The smallest absolute Gasteiger partial charge is 0.123 e. The highest BCUT2D eigenvalue weighted by atomic mass is 79.9. The lowest BCUT2D eigenvalue weighted by Crippen LogP contribution is -2.55. The van der Waals surface area contributed by atoms with Crippen molar-refractivity contribution in [1.29, 1.82) is 0 Å². The van der Waals surface area contributed by atoms with Gasteiger partial charge in [0, 0.05) is 10.5 Å². The summed E-state index contributed by atoms with van der Waals surface area (Å²) in [5, 5.41) is 0. The summed E-state index contributed by atoms with van der Waals surface area (Å²) >= 11 is 3.55. The Morgan fingerprint density at radius 1 is 1.14 bits per heavy atom. The molecule has 1 atom stereocenters. The number of nitrogens with two attached hydrogens (primary N) is 1. The van der Waals surface area contributed by atoms with E-state index in [1.165, 1.54) is 44.6 Å². The minimum atomic E-state index is -0.161. The number of hydrogen-bond donors (Lipinski definition) is 1. The van der Waals surface area contributed by atoms with Gasteiger partial charge >= 0.3 is 0 Å². The first-order valence-corrected chi connectivity index (χ1v) is 9.03. The fourth-order valence-corrected chi connectivity index (χ4v) is 6.19. The summed E-state index contributed by atoms with van der Waals surface area (Å²) in [7, 11) is 0. The topological polar surface area (TPSA) is 26.0 Å². The van der Waals surface area contributed by atoms with Crippen LogP contribution < -0.4 is 5.73 Å². The second kappa shape index (κ2) is 5.06. The van der Waals surface area contributed by atoms with Gasteiger partial charge in [-0.15, -0.1) is 0 Å². The van der Waals surface area contributed by atoms with Crippen LogP contribution in [0.4, 0.5) is 4.39 Å². The minimum Gasteiger partial charge on any atom is -0.327 e. The third-order valence-electron chi connectivity index (χ3n) is 6.32. The molecule has 4 bridgehead atoms. The van der Waals surface area contributed by atoms with Gasteiger partial charge in [0.15, 0.2) is 0 Å². The lowest BCUT2D eigenvalue weighted by atomic mass is 9.47. The second-order valence-corrected chi connectivity index (χ2v) is 8.68. The average molecular weight is 352 g/mol. The summed E-state index contributed by atoms with van der Waals surface area (Å²) in [5.41, 5.74) is 8.04. The maximum Gasteiger partial charge on any atom is 0.123 e. The molecule has 114 valence electrons. The molecule has 4 fully saturated rings. The van der Waals surface area contributed by atoms with Crippen molar-refractivity contribution in [3.8, 4) is 0 Å². The molecule has 1 unspecified atom stereocenters. The predicted octanol–water partition coefficient (Wildman–Crippen LogP) is 4.67. The van der Waals surface area contributed by atoms with Gasteiger partial charge in [0.25, 0.3) is 0 Å². The number of hydrogen-bond acceptors (Lipinski definition) is 1. The monoisotopic (exact) mass is 351 g/mol. The van der Waals surface area contributed by atoms with Gasteiger partial charge in [-0.05, 0) is 91.9 Å². The van der Waals surface area contributed by atoms with E-state index in [1.807, 2.05) is 0 Å². The van der Waals surface area contributed by atoms with Crippen molar-refractivity contribution in [2.24, 2.45) is 28.9 Å². The van der Waals surface area contributed by atoms with Crippen molar-refractivity contribution in [2.75, 3.05) is 0 Å². The Balaban J connectivity index is 1.57. The maximum atomic E-state index is 13.5. The lowest BCUT2D eigenvalue weighted by molar-refractivity contribution is -0.0668. The van der Waals surface area contributed by atoms with Gasteiger partial charge in [0.1, 0.15) is 5.82 Å². The average Bonchev–Trinajstić information content (AvgIpc) is 2.41. The highest BCUT2D eigenvalue weighted by molar-refractivity contribution is 9.10. The third-order valence-corrected chi connectivity index (χ3v) is 7.09. The van der Waals surface area contributed by atoms with Crippen molar-refractivity contribution in [1.82, 2.24) is 0 Å². The molecule has 0 aliphatic heterocycles. The fraction of sp³-hybridized carbons (Fsp3) is 0.667. The summed E-state index contributed by atoms with van der Waals surface area (Å²) in [4.78, 5) is 0. The Bertz CT molecular complexity index is 521. The van der Waals surface area contributed by atoms with Crippen LogP contribution in [-0.4, -0.2) is 6.04 Å². The van der Waals surface area contributed by atoms with Gasteiger partial charge in [-0.1, -0.05) is 15.9 Å². The standard InChI is InChI=1S/C18H23BrFN/c19-16-2-1-15(20)6-14(16)7-17(21)18-8-11-3-12(9-18)5-13(4-11)10-18/h1-2,6,11-13,17H,3-5,7-10,21H2. The van der Waals surface area contributed by atoms with Crippen molar-refractivity contribution >= 4 is 15.9 Å². The molecule has 0 spiro atoms. The summed E-state index contributed by atoms with van der Waals surface area (Å²) < 4.78 is 14.5. The van der Waals surface area contributed by atoms with E-state index in [2.05, 4.69) is 15.9 Å².